The first-order valence-electron chi connectivity index (χ1n) is 6.53. The lowest BCUT2D eigenvalue weighted by Gasteiger charge is -2.19. The minimum atomic E-state index is -0.893. The molecule has 0 atom stereocenters. The van der Waals surface area contributed by atoms with Crippen LogP contribution in [0.1, 0.15) is 49.2 Å². The zero-order valence-corrected chi connectivity index (χ0v) is 11.4. The van der Waals surface area contributed by atoms with Crippen molar-refractivity contribution in [1.82, 2.24) is 4.98 Å². The van der Waals surface area contributed by atoms with Crippen LogP contribution in [-0.4, -0.2) is 29.7 Å². The minimum absolute atomic E-state index is 0.319. The highest BCUT2D eigenvalue weighted by Crippen LogP contribution is 2.15. The normalized spacial score (nSPS) is 10.4. The molecule has 0 aliphatic carbocycles. The summed E-state index contributed by atoms with van der Waals surface area (Å²) in [6.07, 6.45) is 4.21. The van der Waals surface area contributed by atoms with Crippen LogP contribution in [0, 0.1) is 0 Å². The van der Waals surface area contributed by atoms with Crippen molar-refractivity contribution in [3.8, 4) is 0 Å². The van der Waals surface area contributed by atoms with Gasteiger partial charge in [0.15, 0.2) is 0 Å². The van der Waals surface area contributed by atoms with E-state index in [2.05, 4.69) is 11.9 Å². The van der Waals surface area contributed by atoms with Gasteiger partial charge >= 0.3 is 5.97 Å². The molecule has 4 nitrogen and oxygen atoms in total. The Kier molecular flexibility index (Phi) is 5.62. The summed E-state index contributed by atoms with van der Waals surface area (Å²) < 4.78 is 0. The van der Waals surface area contributed by atoms with Crippen LogP contribution in [0.2, 0.25) is 0 Å². The largest absolute Gasteiger partial charge is 0.478 e. The summed E-state index contributed by atoms with van der Waals surface area (Å²) in [7, 11) is 1.96. The van der Waals surface area contributed by atoms with E-state index in [-0.39, 0.29) is 0 Å². The van der Waals surface area contributed by atoms with E-state index in [1.54, 1.807) is 12.1 Å². The molecule has 0 spiro atoms. The number of carboxylic acid groups (broad SMARTS) is 1. The molecule has 4 heteroatoms. The monoisotopic (exact) mass is 250 g/mol. The summed E-state index contributed by atoms with van der Waals surface area (Å²) in [6, 6.07) is 3.29. The lowest BCUT2D eigenvalue weighted by atomic mass is 10.2. The van der Waals surface area contributed by atoms with Gasteiger partial charge < -0.3 is 10.0 Å². The quantitative estimate of drug-likeness (QED) is 0.756. The number of hydrogen-bond donors (Lipinski definition) is 1. The highest BCUT2D eigenvalue weighted by molar-refractivity contribution is 5.88. The molecule has 0 saturated heterocycles. The van der Waals surface area contributed by atoms with Gasteiger partial charge in [-0.1, -0.05) is 26.7 Å². The SMILES string of the molecule is CCCCCN(C)c1cc(C(=O)O)cc(CC)n1. The first-order valence-corrected chi connectivity index (χ1v) is 6.53. The third-order valence-electron chi connectivity index (χ3n) is 2.96. The Morgan fingerprint density at radius 3 is 2.61 bits per heavy atom. The number of carboxylic acids is 1. The van der Waals surface area contributed by atoms with Gasteiger partial charge in [-0.25, -0.2) is 9.78 Å². The van der Waals surface area contributed by atoms with Crippen LogP contribution in [0.25, 0.3) is 0 Å². The molecule has 1 heterocycles. The smallest absolute Gasteiger partial charge is 0.335 e. The molecule has 0 aliphatic rings. The minimum Gasteiger partial charge on any atom is -0.478 e. The third kappa shape index (κ3) is 4.02. The molecule has 0 aromatic carbocycles. The zero-order valence-electron chi connectivity index (χ0n) is 11.4. The Bertz CT molecular complexity index is 405. The number of unbranched alkanes of at least 4 members (excludes halogenated alkanes) is 2. The van der Waals surface area contributed by atoms with Crippen LogP contribution in [-0.2, 0) is 6.42 Å². The van der Waals surface area contributed by atoms with Crippen molar-refractivity contribution in [2.75, 3.05) is 18.5 Å². The van der Waals surface area contributed by atoms with Gasteiger partial charge in [-0.2, -0.15) is 0 Å². The van der Waals surface area contributed by atoms with Gasteiger partial charge in [0.25, 0.3) is 0 Å². The number of rotatable bonds is 7. The lowest BCUT2D eigenvalue weighted by Crippen LogP contribution is -2.20. The molecule has 0 unspecified atom stereocenters. The van der Waals surface area contributed by atoms with Gasteiger partial charge in [0.2, 0.25) is 0 Å². The molecule has 1 rings (SSSR count). The highest BCUT2D eigenvalue weighted by atomic mass is 16.4. The van der Waals surface area contributed by atoms with Crippen molar-refractivity contribution in [2.45, 2.75) is 39.5 Å². The molecule has 1 aromatic rings. The topological polar surface area (TPSA) is 53.4 Å². The van der Waals surface area contributed by atoms with Crippen molar-refractivity contribution >= 4 is 11.8 Å². The number of aryl methyl sites for hydroxylation is 1. The Balaban J connectivity index is 2.86. The second kappa shape index (κ2) is 6.99. The molecule has 18 heavy (non-hydrogen) atoms. The van der Waals surface area contributed by atoms with Crippen LogP contribution >= 0.6 is 0 Å². The molecule has 1 N–H and O–H groups in total. The standard InChI is InChI=1S/C14H22N2O2/c1-4-6-7-8-16(3)13-10-11(14(17)18)9-12(5-2)15-13/h9-10H,4-8H2,1-3H3,(H,17,18). The maximum absolute atomic E-state index is 11.1. The van der Waals surface area contributed by atoms with E-state index in [1.807, 2.05) is 18.9 Å². The number of hydrogen-bond acceptors (Lipinski definition) is 3. The maximum Gasteiger partial charge on any atom is 0.335 e. The fourth-order valence-corrected chi connectivity index (χ4v) is 1.79. The van der Waals surface area contributed by atoms with Gasteiger partial charge in [0.05, 0.1) is 5.56 Å². The summed E-state index contributed by atoms with van der Waals surface area (Å²) in [5, 5.41) is 9.08. The second-order valence-corrected chi connectivity index (χ2v) is 4.49. The summed E-state index contributed by atoms with van der Waals surface area (Å²) in [6.45, 7) is 5.06. The van der Waals surface area contributed by atoms with E-state index in [9.17, 15) is 4.79 Å². The number of aromatic nitrogens is 1. The highest BCUT2D eigenvalue weighted by Gasteiger charge is 2.10. The van der Waals surface area contributed by atoms with E-state index < -0.39 is 5.97 Å². The maximum atomic E-state index is 11.1. The van der Waals surface area contributed by atoms with E-state index in [0.717, 1.165) is 30.9 Å². The second-order valence-electron chi connectivity index (χ2n) is 4.49. The van der Waals surface area contributed by atoms with Gasteiger partial charge in [-0.3, -0.25) is 0 Å². The Morgan fingerprint density at radius 2 is 2.06 bits per heavy atom. The molecule has 1 aromatic heterocycles. The average molecular weight is 250 g/mol. The van der Waals surface area contributed by atoms with Crippen LogP contribution in [0.5, 0.6) is 0 Å². The first-order chi connectivity index (χ1) is 8.58. The fraction of sp³-hybridized carbons (Fsp3) is 0.571. The van der Waals surface area contributed by atoms with Crippen LogP contribution < -0.4 is 4.90 Å². The number of nitrogens with zero attached hydrogens (tertiary/aromatic N) is 2. The van der Waals surface area contributed by atoms with Crippen LogP contribution in [0.4, 0.5) is 5.82 Å². The number of anilines is 1. The Labute approximate surface area is 109 Å². The van der Waals surface area contributed by atoms with E-state index >= 15 is 0 Å². The van der Waals surface area contributed by atoms with Gasteiger partial charge in [0.1, 0.15) is 5.82 Å². The van der Waals surface area contributed by atoms with Crippen LogP contribution in [0.15, 0.2) is 12.1 Å². The number of carbonyl (C=O) groups is 1. The summed E-state index contributed by atoms with van der Waals surface area (Å²) in [4.78, 5) is 17.6. The molecular weight excluding hydrogens is 228 g/mol. The average Bonchev–Trinajstić information content (AvgIpc) is 2.38. The van der Waals surface area contributed by atoms with Gasteiger partial charge in [-0.15, -0.1) is 0 Å². The molecule has 0 fully saturated rings. The van der Waals surface area contributed by atoms with Gasteiger partial charge in [0, 0.05) is 19.3 Å². The van der Waals surface area contributed by atoms with E-state index in [1.165, 1.54) is 12.8 Å². The molecular formula is C14H22N2O2. The Morgan fingerprint density at radius 1 is 1.33 bits per heavy atom. The summed E-state index contributed by atoms with van der Waals surface area (Å²) in [5.74, 6) is -0.141. The molecule has 0 saturated carbocycles. The summed E-state index contributed by atoms with van der Waals surface area (Å²) >= 11 is 0. The van der Waals surface area contributed by atoms with E-state index in [0.29, 0.717) is 5.56 Å². The Hall–Kier alpha value is -1.58. The molecule has 0 radical (unpaired) electrons. The summed E-state index contributed by atoms with van der Waals surface area (Å²) in [5.41, 5.74) is 1.14. The van der Waals surface area contributed by atoms with Crippen LogP contribution in [0.3, 0.4) is 0 Å². The van der Waals surface area contributed by atoms with E-state index in [4.69, 9.17) is 5.11 Å². The number of aromatic carboxylic acids is 1. The molecule has 0 bridgehead atoms. The van der Waals surface area contributed by atoms with Crippen molar-refractivity contribution in [3.63, 3.8) is 0 Å². The predicted molar refractivity (Wildman–Crippen MR) is 73.4 cm³/mol. The van der Waals surface area contributed by atoms with Crippen molar-refractivity contribution in [2.24, 2.45) is 0 Å². The number of pyridine rings is 1. The fourth-order valence-electron chi connectivity index (χ4n) is 1.79. The predicted octanol–water partition coefficient (Wildman–Crippen LogP) is 2.97. The first kappa shape index (κ1) is 14.5. The third-order valence-corrected chi connectivity index (χ3v) is 2.96. The molecule has 0 amide bonds. The molecule has 100 valence electrons. The van der Waals surface area contributed by atoms with Crippen molar-refractivity contribution in [3.05, 3.63) is 23.4 Å². The lowest BCUT2D eigenvalue weighted by molar-refractivity contribution is 0.0696. The zero-order chi connectivity index (χ0) is 13.5. The molecule has 0 aliphatic heterocycles. The van der Waals surface area contributed by atoms with Crippen molar-refractivity contribution < 1.29 is 9.90 Å². The van der Waals surface area contributed by atoms with Gasteiger partial charge in [-0.05, 0) is 25.0 Å². The van der Waals surface area contributed by atoms with Crippen molar-refractivity contribution in [1.29, 1.82) is 0 Å².